The van der Waals surface area contributed by atoms with E-state index in [1.807, 2.05) is 5.38 Å². The average Bonchev–Trinajstić information content (AvgIpc) is 3.44. The van der Waals surface area contributed by atoms with E-state index in [-0.39, 0.29) is 23.3 Å². The van der Waals surface area contributed by atoms with Gasteiger partial charge in [0.1, 0.15) is 0 Å². The van der Waals surface area contributed by atoms with Crippen molar-refractivity contribution < 1.29 is 22.7 Å². The summed E-state index contributed by atoms with van der Waals surface area (Å²) < 4.78 is 45.8. The molecule has 0 unspecified atom stereocenters. The van der Waals surface area contributed by atoms with Gasteiger partial charge in [-0.2, -0.15) is 18.2 Å². The van der Waals surface area contributed by atoms with Gasteiger partial charge in [-0.15, -0.1) is 16.4 Å². The van der Waals surface area contributed by atoms with E-state index in [9.17, 15) is 18.0 Å². The Morgan fingerprint density at radius 3 is 2.52 bits per heavy atom. The Balaban J connectivity index is 1.66. The first kappa shape index (κ1) is 20.6. The van der Waals surface area contributed by atoms with Crippen LogP contribution in [0.15, 0.2) is 66.0 Å². The van der Waals surface area contributed by atoms with Crippen molar-refractivity contribution >= 4 is 22.9 Å². The number of hydrogen-bond acceptors (Lipinski definition) is 5. The Morgan fingerprint density at radius 1 is 1.10 bits per heavy atom. The lowest BCUT2D eigenvalue weighted by molar-refractivity contribution is -0.137. The maximum Gasteiger partial charge on any atom is 0.416 e. The van der Waals surface area contributed by atoms with Crippen molar-refractivity contribution in [2.24, 2.45) is 0 Å². The first-order valence-corrected chi connectivity index (χ1v) is 9.87. The zero-order valence-electron chi connectivity index (χ0n) is 16.1. The van der Waals surface area contributed by atoms with Gasteiger partial charge in [0.05, 0.1) is 23.2 Å². The number of nitrogens with zero attached hydrogens (tertiary/aromatic N) is 3. The zero-order valence-corrected chi connectivity index (χ0v) is 16.9. The highest BCUT2D eigenvalue weighted by Gasteiger charge is 2.31. The van der Waals surface area contributed by atoms with E-state index in [4.69, 9.17) is 4.74 Å². The summed E-state index contributed by atoms with van der Waals surface area (Å²) in [6.45, 7) is 0. The summed E-state index contributed by atoms with van der Waals surface area (Å²) in [5, 5.41) is 8.81. The van der Waals surface area contributed by atoms with Crippen molar-refractivity contribution in [1.29, 1.82) is 0 Å². The maximum atomic E-state index is 13.1. The largest absolute Gasteiger partial charge is 0.466 e. The first-order chi connectivity index (χ1) is 14.8. The minimum absolute atomic E-state index is 0.0162. The first-order valence-electron chi connectivity index (χ1n) is 8.99. The minimum Gasteiger partial charge on any atom is -0.466 e. The van der Waals surface area contributed by atoms with Crippen molar-refractivity contribution in [1.82, 2.24) is 14.8 Å². The highest BCUT2D eigenvalue weighted by Crippen LogP contribution is 2.33. The predicted octanol–water partition coefficient (Wildman–Crippen LogP) is 5.28. The van der Waals surface area contributed by atoms with Gasteiger partial charge in [0.2, 0.25) is 0 Å². The molecule has 0 radical (unpaired) electrons. The van der Waals surface area contributed by atoms with Crippen LogP contribution in [0.3, 0.4) is 0 Å². The second-order valence-corrected chi connectivity index (χ2v) is 7.34. The van der Waals surface area contributed by atoms with Crippen LogP contribution in [0.2, 0.25) is 0 Å². The topological polar surface area (TPSA) is 69.0 Å². The summed E-state index contributed by atoms with van der Waals surface area (Å²) in [5.74, 6) is -0.0341. The number of thiophene rings is 1. The second kappa shape index (κ2) is 8.23. The van der Waals surface area contributed by atoms with Crippen molar-refractivity contribution in [3.8, 4) is 23.1 Å². The SMILES string of the molecule is COc1nc(-c2cccc(C(F)(F)F)c2)n(-c2ccc(NC(=O)c3cccs3)cc2)n1. The molecule has 0 aliphatic rings. The van der Waals surface area contributed by atoms with E-state index in [0.717, 1.165) is 12.1 Å². The summed E-state index contributed by atoms with van der Waals surface area (Å²) in [6, 6.07) is 15.1. The molecule has 31 heavy (non-hydrogen) atoms. The Morgan fingerprint density at radius 2 is 1.87 bits per heavy atom. The highest BCUT2D eigenvalue weighted by molar-refractivity contribution is 7.12. The molecule has 0 spiro atoms. The average molecular weight is 444 g/mol. The van der Waals surface area contributed by atoms with Crippen molar-refractivity contribution in [2.75, 3.05) is 12.4 Å². The summed E-state index contributed by atoms with van der Waals surface area (Å²) >= 11 is 1.33. The number of rotatable bonds is 5. The number of alkyl halides is 3. The molecule has 0 aliphatic carbocycles. The van der Waals surface area contributed by atoms with Crippen LogP contribution in [0.4, 0.5) is 18.9 Å². The highest BCUT2D eigenvalue weighted by atomic mass is 32.1. The molecule has 1 N–H and O–H groups in total. The van der Waals surface area contributed by atoms with Crippen LogP contribution in [0.1, 0.15) is 15.2 Å². The van der Waals surface area contributed by atoms with E-state index >= 15 is 0 Å². The van der Waals surface area contributed by atoms with Gasteiger partial charge in [-0.3, -0.25) is 4.79 Å². The monoisotopic (exact) mass is 444 g/mol. The lowest BCUT2D eigenvalue weighted by atomic mass is 10.1. The van der Waals surface area contributed by atoms with Gasteiger partial charge in [0.15, 0.2) is 5.82 Å². The smallest absolute Gasteiger partial charge is 0.416 e. The van der Waals surface area contributed by atoms with Gasteiger partial charge in [-0.1, -0.05) is 18.2 Å². The Hall–Kier alpha value is -3.66. The molecule has 6 nitrogen and oxygen atoms in total. The molecule has 2 aromatic carbocycles. The van der Waals surface area contributed by atoms with Gasteiger partial charge in [-0.25, -0.2) is 4.68 Å². The quantitative estimate of drug-likeness (QED) is 0.455. The van der Waals surface area contributed by atoms with Gasteiger partial charge >= 0.3 is 12.2 Å². The second-order valence-electron chi connectivity index (χ2n) is 6.39. The lowest BCUT2D eigenvalue weighted by Crippen LogP contribution is -2.10. The van der Waals surface area contributed by atoms with Gasteiger partial charge < -0.3 is 10.1 Å². The molecule has 4 rings (SSSR count). The molecule has 0 saturated carbocycles. The normalized spacial score (nSPS) is 11.4. The predicted molar refractivity (Wildman–Crippen MR) is 111 cm³/mol. The van der Waals surface area contributed by atoms with Crippen LogP contribution in [0.25, 0.3) is 17.1 Å². The molecule has 0 saturated heterocycles. The molecule has 2 aromatic heterocycles. The van der Waals surface area contributed by atoms with Gasteiger partial charge in [-0.05, 0) is 47.8 Å². The summed E-state index contributed by atoms with van der Waals surface area (Å²) in [5.41, 5.74) is 0.554. The molecule has 10 heteroatoms. The number of methoxy groups -OCH3 is 1. The minimum atomic E-state index is -4.48. The van der Waals surface area contributed by atoms with E-state index < -0.39 is 11.7 Å². The Bertz CT molecular complexity index is 1200. The van der Waals surface area contributed by atoms with Crippen molar-refractivity contribution in [3.63, 3.8) is 0 Å². The fourth-order valence-corrected chi connectivity index (χ4v) is 3.49. The number of benzene rings is 2. The van der Waals surface area contributed by atoms with E-state index in [1.54, 1.807) is 36.4 Å². The lowest BCUT2D eigenvalue weighted by Gasteiger charge is -2.10. The number of ether oxygens (including phenoxy) is 1. The number of aromatic nitrogens is 3. The summed E-state index contributed by atoms with van der Waals surface area (Å²) in [6.07, 6.45) is -4.48. The van der Waals surface area contributed by atoms with Crippen LogP contribution >= 0.6 is 11.3 Å². The van der Waals surface area contributed by atoms with Gasteiger partial charge in [0, 0.05) is 11.3 Å². The standard InChI is InChI=1S/C21H15F3N4O2S/c1-30-20-26-18(13-4-2-5-14(12-13)21(22,23)24)28(27-20)16-9-7-15(8-10-16)25-19(29)17-6-3-11-31-17/h2-12H,1H3,(H,25,29). The fourth-order valence-electron chi connectivity index (χ4n) is 2.87. The molecule has 1 amide bonds. The number of carbonyl (C=O) groups excluding carboxylic acids is 1. The van der Waals surface area contributed by atoms with E-state index in [2.05, 4.69) is 15.4 Å². The van der Waals surface area contributed by atoms with Crippen molar-refractivity contribution in [2.45, 2.75) is 6.18 Å². The van der Waals surface area contributed by atoms with Crippen LogP contribution in [0.5, 0.6) is 6.01 Å². The number of halogens is 3. The third-order valence-electron chi connectivity index (χ3n) is 4.33. The van der Waals surface area contributed by atoms with Crippen molar-refractivity contribution in [3.05, 3.63) is 76.5 Å². The van der Waals surface area contributed by atoms with Crippen LogP contribution in [-0.4, -0.2) is 27.8 Å². The summed E-state index contributed by atoms with van der Waals surface area (Å²) in [7, 11) is 1.37. The molecule has 0 atom stereocenters. The number of amides is 1. The van der Waals surface area contributed by atoms with Crippen LogP contribution < -0.4 is 10.1 Å². The van der Waals surface area contributed by atoms with E-state index in [1.165, 1.54) is 35.3 Å². The van der Waals surface area contributed by atoms with Crippen LogP contribution in [0, 0.1) is 0 Å². The van der Waals surface area contributed by atoms with E-state index in [0.29, 0.717) is 16.3 Å². The maximum absolute atomic E-state index is 13.1. The number of carbonyl (C=O) groups is 1. The molecular weight excluding hydrogens is 429 g/mol. The fraction of sp³-hybridized carbons (Fsp3) is 0.0952. The van der Waals surface area contributed by atoms with Crippen LogP contribution in [-0.2, 0) is 6.18 Å². The third-order valence-corrected chi connectivity index (χ3v) is 5.20. The molecule has 2 heterocycles. The molecule has 0 fully saturated rings. The molecule has 4 aromatic rings. The molecule has 158 valence electrons. The Kier molecular flexibility index (Phi) is 5.47. The zero-order chi connectivity index (χ0) is 22.0. The third kappa shape index (κ3) is 4.43. The molecule has 0 bridgehead atoms. The number of anilines is 1. The number of hydrogen-bond donors (Lipinski definition) is 1. The number of nitrogens with one attached hydrogen (secondary N) is 1. The summed E-state index contributed by atoms with van der Waals surface area (Å²) in [4.78, 5) is 17.0. The molecule has 0 aliphatic heterocycles. The Labute approximate surface area is 178 Å². The van der Waals surface area contributed by atoms with Gasteiger partial charge in [0.25, 0.3) is 5.91 Å². The molecular formula is C21H15F3N4O2S.